The van der Waals surface area contributed by atoms with Gasteiger partial charge in [-0.05, 0) is 19.8 Å². The third-order valence-electron chi connectivity index (χ3n) is 3.07. The number of aromatic nitrogens is 3. The van der Waals surface area contributed by atoms with E-state index < -0.39 is 0 Å². The summed E-state index contributed by atoms with van der Waals surface area (Å²) in [6, 6.07) is 0. The topological polar surface area (TPSA) is 67.1 Å². The minimum Gasteiger partial charge on any atom is -0.357 e. The van der Waals surface area contributed by atoms with Crippen LogP contribution >= 0.6 is 0 Å². The van der Waals surface area contributed by atoms with Crippen LogP contribution in [0.3, 0.4) is 0 Å². The zero-order chi connectivity index (χ0) is 13.5. The molecule has 6 nitrogen and oxygen atoms in total. The molecule has 0 aromatic carbocycles. The Balaban J connectivity index is 2.02. The largest absolute Gasteiger partial charge is 0.357 e. The van der Waals surface area contributed by atoms with Gasteiger partial charge in [-0.2, -0.15) is 0 Å². The summed E-state index contributed by atoms with van der Waals surface area (Å²) in [5.74, 6) is 2.83. The lowest BCUT2D eigenvalue weighted by atomic mass is 10.2. The van der Waals surface area contributed by atoms with Crippen molar-refractivity contribution in [3.05, 3.63) is 24.3 Å². The first-order valence-electron chi connectivity index (χ1n) is 6.89. The van der Waals surface area contributed by atoms with Crippen molar-refractivity contribution < 1.29 is 0 Å². The average molecular weight is 262 g/mol. The molecule has 0 saturated heterocycles. The number of aryl methyl sites for hydroxylation is 1. The molecule has 0 aliphatic carbocycles. The Morgan fingerprint density at radius 3 is 3.11 bits per heavy atom. The van der Waals surface area contributed by atoms with Crippen molar-refractivity contribution >= 4 is 5.96 Å². The Morgan fingerprint density at radius 2 is 2.32 bits per heavy atom. The smallest absolute Gasteiger partial charge is 0.191 e. The summed E-state index contributed by atoms with van der Waals surface area (Å²) in [4.78, 5) is 4.52. The maximum absolute atomic E-state index is 4.52. The number of hydrogen-bond acceptors (Lipinski definition) is 3. The van der Waals surface area contributed by atoms with Crippen molar-refractivity contribution in [2.24, 2.45) is 4.99 Å². The molecule has 0 unspecified atom stereocenters. The van der Waals surface area contributed by atoms with Gasteiger partial charge >= 0.3 is 0 Å². The fraction of sp³-hybridized carbons (Fsp3) is 0.615. The zero-order valence-electron chi connectivity index (χ0n) is 11.5. The summed E-state index contributed by atoms with van der Waals surface area (Å²) >= 11 is 0. The van der Waals surface area contributed by atoms with E-state index in [0.717, 1.165) is 37.1 Å². The molecule has 0 bridgehead atoms. The molecule has 104 valence electrons. The zero-order valence-corrected chi connectivity index (χ0v) is 11.5. The summed E-state index contributed by atoms with van der Waals surface area (Å²) in [6.45, 7) is 8.84. The molecule has 0 spiro atoms. The first kappa shape index (κ1) is 13.6. The molecule has 1 aromatic heterocycles. The predicted octanol–water partition coefficient (Wildman–Crippen LogP) is 0.855. The molecule has 2 N–H and O–H groups in total. The third kappa shape index (κ3) is 3.56. The first-order chi connectivity index (χ1) is 9.35. The number of nitrogens with one attached hydrogen (secondary N) is 2. The van der Waals surface area contributed by atoms with E-state index in [4.69, 9.17) is 0 Å². The highest BCUT2D eigenvalue weighted by Gasteiger charge is 2.15. The first-order valence-corrected chi connectivity index (χ1v) is 6.89. The molecule has 2 rings (SSSR count). The monoisotopic (exact) mass is 262 g/mol. The number of guanidine groups is 1. The molecule has 0 fully saturated rings. The van der Waals surface area contributed by atoms with E-state index in [1.807, 2.05) is 13.0 Å². The van der Waals surface area contributed by atoms with Gasteiger partial charge in [0.1, 0.15) is 12.4 Å². The summed E-state index contributed by atoms with van der Waals surface area (Å²) < 4.78 is 2.20. The SMILES string of the molecule is C=CCNC(=NCc1nnc2n1CCCC2)NCC. The molecule has 6 heteroatoms. The average Bonchev–Trinajstić information content (AvgIpc) is 2.85. The fourth-order valence-electron chi connectivity index (χ4n) is 2.15. The van der Waals surface area contributed by atoms with Crippen molar-refractivity contribution in [1.29, 1.82) is 0 Å². The Kier molecular flexibility index (Phi) is 4.94. The molecular formula is C13H22N6. The van der Waals surface area contributed by atoms with E-state index in [0.29, 0.717) is 13.1 Å². The minimum atomic E-state index is 0.555. The summed E-state index contributed by atoms with van der Waals surface area (Å²) in [6.07, 6.45) is 5.26. The lowest BCUT2D eigenvalue weighted by Crippen LogP contribution is -2.37. The van der Waals surface area contributed by atoms with E-state index >= 15 is 0 Å². The Morgan fingerprint density at radius 1 is 1.42 bits per heavy atom. The number of hydrogen-bond donors (Lipinski definition) is 2. The second-order valence-electron chi connectivity index (χ2n) is 4.51. The van der Waals surface area contributed by atoms with Crippen LogP contribution in [0.5, 0.6) is 0 Å². The van der Waals surface area contributed by atoms with Gasteiger partial charge in [-0.3, -0.25) is 0 Å². The lowest BCUT2D eigenvalue weighted by molar-refractivity contribution is 0.508. The van der Waals surface area contributed by atoms with E-state index in [-0.39, 0.29) is 0 Å². The standard InChI is InChI=1S/C13H22N6/c1-3-8-15-13(14-4-2)16-10-12-18-17-11-7-5-6-9-19(11)12/h3H,1,4-10H2,2H3,(H2,14,15,16). The highest BCUT2D eigenvalue weighted by Crippen LogP contribution is 2.14. The van der Waals surface area contributed by atoms with E-state index in [1.54, 1.807) is 0 Å². The maximum atomic E-state index is 4.52. The lowest BCUT2D eigenvalue weighted by Gasteiger charge is -2.14. The van der Waals surface area contributed by atoms with Gasteiger partial charge in [0, 0.05) is 26.1 Å². The number of rotatable bonds is 5. The van der Waals surface area contributed by atoms with Crippen LogP contribution in [0.25, 0.3) is 0 Å². The number of fused-ring (bicyclic) bond motifs is 1. The Hall–Kier alpha value is -1.85. The highest BCUT2D eigenvalue weighted by molar-refractivity contribution is 5.79. The van der Waals surface area contributed by atoms with Gasteiger partial charge in [-0.1, -0.05) is 6.08 Å². The molecule has 2 heterocycles. The van der Waals surface area contributed by atoms with Crippen molar-refractivity contribution in [3.8, 4) is 0 Å². The van der Waals surface area contributed by atoms with Crippen LogP contribution in [0.15, 0.2) is 17.6 Å². The van der Waals surface area contributed by atoms with Crippen LogP contribution in [-0.4, -0.2) is 33.8 Å². The minimum absolute atomic E-state index is 0.555. The molecule has 0 amide bonds. The van der Waals surface area contributed by atoms with Crippen LogP contribution in [0.4, 0.5) is 0 Å². The van der Waals surface area contributed by atoms with Gasteiger partial charge in [0.15, 0.2) is 11.8 Å². The number of aliphatic imine (C=N–C) groups is 1. The summed E-state index contributed by atoms with van der Waals surface area (Å²) in [7, 11) is 0. The van der Waals surface area contributed by atoms with Gasteiger partial charge in [-0.15, -0.1) is 16.8 Å². The third-order valence-corrected chi connectivity index (χ3v) is 3.07. The van der Waals surface area contributed by atoms with Crippen LogP contribution in [0, 0.1) is 0 Å². The Bertz CT molecular complexity index is 448. The molecule has 0 atom stereocenters. The van der Waals surface area contributed by atoms with Crippen LogP contribution in [0.1, 0.15) is 31.4 Å². The maximum Gasteiger partial charge on any atom is 0.191 e. The van der Waals surface area contributed by atoms with Crippen molar-refractivity contribution in [1.82, 2.24) is 25.4 Å². The van der Waals surface area contributed by atoms with Crippen LogP contribution in [-0.2, 0) is 19.5 Å². The summed E-state index contributed by atoms with van der Waals surface area (Å²) in [5.41, 5.74) is 0. The fourth-order valence-corrected chi connectivity index (χ4v) is 2.15. The van der Waals surface area contributed by atoms with Gasteiger partial charge in [-0.25, -0.2) is 4.99 Å². The second-order valence-corrected chi connectivity index (χ2v) is 4.51. The summed E-state index contributed by atoms with van der Waals surface area (Å²) in [5, 5.41) is 14.8. The predicted molar refractivity (Wildman–Crippen MR) is 76.0 cm³/mol. The van der Waals surface area contributed by atoms with E-state index in [1.165, 1.54) is 12.8 Å². The molecule has 1 aliphatic heterocycles. The van der Waals surface area contributed by atoms with Crippen LogP contribution in [0.2, 0.25) is 0 Å². The normalized spacial score (nSPS) is 14.9. The van der Waals surface area contributed by atoms with Gasteiger partial charge < -0.3 is 15.2 Å². The van der Waals surface area contributed by atoms with Crippen LogP contribution < -0.4 is 10.6 Å². The van der Waals surface area contributed by atoms with Gasteiger partial charge in [0.05, 0.1) is 0 Å². The molecule has 0 radical (unpaired) electrons. The molecule has 0 saturated carbocycles. The van der Waals surface area contributed by atoms with Crippen molar-refractivity contribution in [2.45, 2.75) is 39.3 Å². The molecule has 19 heavy (non-hydrogen) atoms. The molecule has 1 aromatic rings. The Labute approximate surface area is 114 Å². The van der Waals surface area contributed by atoms with E-state index in [2.05, 4.69) is 37.0 Å². The quantitative estimate of drug-likeness (QED) is 0.469. The van der Waals surface area contributed by atoms with Gasteiger partial charge in [0.2, 0.25) is 0 Å². The van der Waals surface area contributed by atoms with Gasteiger partial charge in [0.25, 0.3) is 0 Å². The van der Waals surface area contributed by atoms with Crippen molar-refractivity contribution in [2.75, 3.05) is 13.1 Å². The highest BCUT2D eigenvalue weighted by atomic mass is 15.3. The van der Waals surface area contributed by atoms with Crippen molar-refractivity contribution in [3.63, 3.8) is 0 Å². The second kappa shape index (κ2) is 6.92. The molecular weight excluding hydrogens is 240 g/mol. The molecule has 1 aliphatic rings. The number of nitrogens with zero attached hydrogens (tertiary/aromatic N) is 4. The van der Waals surface area contributed by atoms with E-state index in [9.17, 15) is 0 Å².